The summed E-state index contributed by atoms with van der Waals surface area (Å²) in [4.78, 5) is 48.6. The fourth-order valence-corrected chi connectivity index (χ4v) is 6.58. The molecule has 4 aromatic carbocycles. The third-order valence-corrected chi connectivity index (χ3v) is 9.53. The van der Waals surface area contributed by atoms with Gasteiger partial charge in [0.1, 0.15) is 23.4 Å². The van der Waals surface area contributed by atoms with Crippen LogP contribution in [0.1, 0.15) is 45.8 Å². The van der Waals surface area contributed by atoms with Crippen LogP contribution in [0.2, 0.25) is 5.02 Å². The summed E-state index contributed by atoms with van der Waals surface area (Å²) < 4.78 is 12.1. The number of Topliss-reactive ketones (excluding diaryl/α,β-unsaturated/α-hetero) is 1. The Morgan fingerprint density at radius 3 is 2.42 bits per heavy atom. The van der Waals surface area contributed by atoms with Crippen LogP contribution in [0.4, 0.5) is 0 Å². The quantitative estimate of drug-likeness (QED) is 0.0661. The molecule has 0 saturated carbocycles. The van der Waals surface area contributed by atoms with Gasteiger partial charge in [-0.1, -0.05) is 84.4 Å². The number of amides is 2. The summed E-state index contributed by atoms with van der Waals surface area (Å²) in [6.07, 6.45) is 1.04. The lowest BCUT2D eigenvalue weighted by atomic mass is 9.99. The first kappa shape index (κ1) is 36.4. The number of hydrogen-bond donors (Lipinski definition) is 4. The maximum atomic E-state index is 14.3. The zero-order chi connectivity index (χ0) is 36.6. The highest BCUT2D eigenvalue weighted by atomic mass is 35.5. The lowest BCUT2D eigenvalue weighted by Crippen LogP contribution is -2.54. The van der Waals surface area contributed by atoms with Crippen LogP contribution in [-0.4, -0.2) is 71.1 Å². The van der Waals surface area contributed by atoms with Crippen molar-refractivity contribution in [1.82, 2.24) is 20.5 Å². The van der Waals surface area contributed by atoms with E-state index in [0.717, 1.165) is 11.1 Å². The Kier molecular flexibility index (Phi) is 11.8. The van der Waals surface area contributed by atoms with Crippen LogP contribution in [0, 0.1) is 5.41 Å². The Morgan fingerprint density at radius 2 is 1.69 bits per heavy atom. The largest absolute Gasteiger partial charge is 0.434 e. The molecule has 2 amide bonds. The van der Waals surface area contributed by atoms with Crippen molar-refractivity contribution in [3.05, 3.63) is 136 Å². The van der Waals surface area contributed by atoms with E-state index in [1.54, 1.807) is 72.6 Å². The average molecular weight is 721 g/mol. The van der Waals surface area contributed by atoms with E-state index in [0.29, 0.717) is 40.1 Å². The molecular formula is C40H41ClN6O5. The Morgan fingerprint density at radius 1 is 0.962 bits per heavy atom. The number of nitrogen functional groups attached to an aromatic ring is 1. The molecule has 0 aliphatic carbocycles. The SMILES string of the molecule is CN[C@H](CCc1ccccc1)C(=O)N1C[C@H](OCc2ccc(Cl)cc2)C[C@H]1C(=O)N[C@@H](Cc1cccc(C(=N)N)c1)C(=O)c1nc2ccccc2o1. The van der Waals surface area contributed by atoms with Crippen LogP contribution >= 0.6 is 11.6 Å². The van der Waals surface area contributed by atoms with Gasteiger partial charge in [0, 0.05) is 30.0 Å². The van der Waals surface area contributed by atoms with E-state index < -0.39 is 35.9 Å². The summed E-state index contributed by atoms with van der Waals surface area (Å²) in [5.41, 5.74) is 9.86. The number of likely N-dealkylation sites (N-methyl/N-ethyl adjacent to an activating group) is 1. The summed E-state index contributed by atoms with van der Waals surface area (Å²) in [7, 11) is 1.73. The van der Waals surface area contributed by atoms with Crippen LogP contribution in [0.25, 0.3) is 11.1 Å². The standard InChI is InChI=1S/C40H41ClN6O5/c1-44-32(19-16-25-8-3-2-4-9-25)40(50)47-23-30(51-24-26-14-17-29(41)18-15-26)22-34(47)38(49)45-33(21-27-10-7-11-28(20-27)37(42)43)36(48)39-46-31-12-5-6-13-35(31)52-39/h2-15,17-18,20,30,32-34,44H,16,19,21-24H2,1H3,(H3,42,43)(H,45,49)/t30-,32-,33+,34+/m1/s1. The molecule has 0 radical (unpaired) electrons. The minimum Gasteiger partial charge on any atom is -0.434 e. The number of likely N-dealkylation sites (tertiary alicyclic amines) is 1. The number of benzene rings is 4. The summed E-state index contributed by atoms with van der Waals surface area (Å²) in [6, 6.07) is 28.6. The molecule has 52 heavy (non-hydrogen) atoms. The van der Waals surface area contributed by atoms with Crippen molar-refractivity contribution in [2.45, 2.75) is 56.5 Å². The number of aryl methyl sites for hydroxylation is 1. The number of halogens is 1. The van der Waals surface area contributed by atoms with E-state index in [1.807, 2.05) is 42.5 Å². The molecule has 0 bridgehead atoms. The number of para-hydroxylation sites is 2. The predicted molar refractivity (Wildman–Crippen MR) is 199 cm³/mol. The number of nitrogens with zero attached hydrogens (tertiary/aromatic N) is 2. The Bertz CT molecular complexity index is 2000. The highest BCUT2D eigenvalue weighted by molar-refractivity contribution is 6.30. The number of nitrogens with two attached hydrogens (primary N) is 1. The van der Waals surface area contributed by atoms with Gasteiger partial charge in [0.25, 0.3) is 5.89 Å². The van der Waals surface area contributed by atoms with E-state index in [-0.39, 0.29) is 43.6 Å². The van der Waals surface area contributed by atoms with Crippen molar-refractivity contribution < 1.29 is 23.5 Å². The van der Waals surface area contributed by atoms with Gasteiger partial charge in [-0.25, -0.2) is 4.98 Å². The van der Waals surface area contributed by atoms with E-state index >= 15 is 0 Å². The van der Waals surface area contributed by atoms with E-state index in [1.165, 1.54) is 0 Å². The molecule has 2 heterocycles. The van der Waals surface area contributed by atoms with E-state index in [9.17, 15) is 14.4 Å². The second kappa shape index (κ2) is 16.8. The second-order valence-electron chi connectivity index (χ2n) is 12.9. The monoisotopic (exact) mass is 720 g/mol. The number of carbonyl (C=O) groups excluding carboxylic acids is 3. The average Bonchev–Trinajstić information content (AvgIpc) is 3.80. The van der Waals surface area contributed by atoms with Crippen molar-refractivity contribution in [3.8, 4) is 0 Å². The molecule has 11 nitrogen and oxygen atoms in total. The van der Waals surface area contributed by atoms with Crippen LogP contribution in [0.3, 0.4) is 0 Å². The lowest BCUT2D eigenvalue weighted by Gasteiger charge is -2.29. The normalized spacial score (nSPS) is 16.8. The molecule has 4 atom stereocenters. The summed E-state index contributed by atoms with van der Waals surface area (Å²) in [5.74, 6) is -1.52. The third-order valence-electron chi connectivity index (χ3n) is 9.27. The molecule has 1 saturated heterocycles. The fourth-order valence-electron chi connectivity index (χ4n) is 6.46. The lowest BCUT2D eigenvalue weighted by molar-refractivity contribution is -0.140. The summed E-state index contributed by atoms with van der Waals surface area (Å²) >= 11 is 6.07. The van der Waals surface area contributed by atoms with E-state index in [2.05, 4.69) is 15.6 Å². The number of hydrogen-bond acceptors (Lipinski definition) is 8. The molecule has 0 spiro atoms. The predicted octanol–water partition coefficient (Wildman–Crippen LogP) is 5.08. The molecule has 1 fully saturated rings. The number of fused-ring (bicyclic) bond motifs is 1. The molecule has 1 aromatic heterocycles. The van der Waals surface area contributed by atoms with Gasteiger partial charge < -0.3 is 30.4 Å². The van der Waals surface area contributed by atoms with Gasteiger partial charge in [-0.05, 0) is 66.9 Å². The topological polar surface area (TPSA) is 164 Å². The molecule has 12 heteroatoms. The summed E-state index contributed by atoms with van der Waals surface area (Å²) in [6.45, 7) is 0.464. The van der Waals surface area contributed by atoms with Crippen molar-refractivity contribution >= 4 is 46.1 Å². The van der Waals surface area contributed by atoms with Crippen molar-refractivity contribution in [3.63, 3.8) is 0 Å². The van der Waals surface area contributed by atoms with Gasteiger partial charge in [-0.2, -0.15) is 0 Å². The van der Waals surface area contributed by atoms with Gasteiger partial charge >= 0.3 is 0 Å². The first-order valence-corrected chi connectivity index (χ1v) is 17.6. The first-order valence-electron chi connectivity index (χ1n) is 17.2. The Labute approximate surface area is 307 Å². The van der Waals surface area contributed by atoms with Crippen LogP contribution in [-0.2, 0) is 33.8 Å². The fraction of sp³-hybridized carbons (Fsp3) is 0.275. The minimum atomic E-state index is -1.10. The van der Waals surface area contributed by atoms with Crippen LogP contribution in [0.5, 0.6) is 0 Å². The molecule has 0 unspecified atom stereocenters. The highest BCUT2D eigenvalue weighted by Gasteiger charge is 2.43. The molecular weight excluding hydrogens is 680 g/mol. The summed E-state index contributed by atoms with van der Waals surface area (Å²) in [5, 5.41) is 14.6. The van der Waals surface area contributed by atoms with Gasteiger partial charge in [0.05, 0.1) is 18.8 Å². The van der Waals surface area contributed by atoms with Gasteiger partial charge in [-0.3, -0.25) is 19.8 Å². The first-order chi connectivity index (χ1) is 25.2. The minimum absolute atomic E-state index is 0.0673. The van der Waals surface area contributed by atoms with E-state index in [4.69, 9.17) is 31.9 Å². The Hall–Kier alpha value is -5.36. The molecule has 1 aliphatic heterocycles. The zero-order valence-corrected chi connectivity index (χ0v) is 29.5. The zero-order valence-electron chi connectivity index (χ0n) is 28.8. The Balaban J connectivity index is 1.26. The van der Waals surface area contributed by atoms with Gasteiger partial charge in [-0.15, -0.1) is 0 Å². The molecule has 268 valence electrons. The molecule has 5 aromatic rings. The van der Waals surface area contributed by atoms with Gasteiger partial charge in [0.15, 0.2) is 5.58 Å². The second-order valence-corrected chi connectivity index (χ2v) is 13.3. The highest BCUT2D eigenvalue weighted by Crippen LogP contribution is 2.25. The maximum absolute atomic E-state index is 14.3. The van der Waals surface area contributed by atoms with Crippen molar-refractivity contribution in [1.29, 1.82) is 5.41 Å². The molecule has 5 N–H and O–H groups in total. The number of aromatic nitrogens is 1. The number of ketones is 1. The third kappa shape index (κ3) is 8.92. The van der Waals surface area contributed by atoms with Crippen LogP contribution < -0.4 is 16.4 Å². The van der Waals surface area contributed by atoms with Crippen molar-refractivity contribution in [2.24, 2.45) is 5.73 Å². The number of carbonyl (C=O) groups is 3. The number of rotatable bonds is 15. The van der Waals surface area contributed by atoms with Crippen molar-refractivity contribution in [2.75, 3.05) is 13.6 Å². The van der Waals surface area contributed by atoms with Crippen LogP contribution in [0.15, 0.2) is 108 Å². The molecule has 1 aliphatic rings. The number of ether oxygens (including phenoxy) is 1. The maximum Gasteiger partial charge on any atom is 0.266 e. The number of oxazole rings is 1. The molecule has 6 rings (SSSR count). The van der Waals surface area contributed by atoms with Gasteiger partial charge in [0.2, 0.25) is 17.6 Å². The smallest absolute Gasteiger partial charge is 0.266 e. The number of nitrogens with one attached hydrogen (secondary N) is 3. The number of amidine groups is 1.